The molecule has 0 radical (unpaired) electrons. The molecule has 1 fully saturated rings. The number of hydrogen-bond acceptors (Lipinski definition) is 6. The number of aliphatic hydroxyl groups excluding tert-OH is 2. The molecule has 0 saturated carbocycles. The summed E-state index contributed by atoms with van der Waals surface area (Å²) in [4.78, 5) is 11.0. The number of benzene rings is 1. The molecule has 1 aromatic carbocycles. The number of hydrogen-bond donors (Lipinski definition) is 2. The van der Waals surface area contributed by atoms with Crippen molar-refractivity contribution in [2.24, 2.45) is 5.92 Å². The highest BCUT2D eigenvalue weighted by atomic mass is 16.6. The van der Waals surface area contributed by atoms with Crippen LogP contribution in [0.4, 0.5) is 0 Å². The van der Waals surface area contributed by atoms with Gasteiger partial charge in [0.2, 0.25) is 0 Å². The first kappa shape index (κ1) is 19.8. The molecule has 5 atom stereocenters. The average molecular weight is 352 g/mol. The van der Waals surface area contributed by atoms with E-state index in [4.69, 9.17) is 14.2 Å². The number of carbonyl (C=O) groups is 1. The van der Waals surface area contributed by atoms with Gasteiger partial charge in [0.25, 0.3) is 0 Å². The third kappa shape index (κ3) is 5.78. The molecule has 0 spiro atoms. The summed E-state index contributed by atoms with van der Waals surface area (Å²) in [6.45, 7) is 5.63. The molecule has 1 heterocycles. The van der Waals surface area contributed by atoms with Gasteiger partial charge in [-0.2, -0.15) is 0 Å². The van der Waals surface area contributed by atoms with Crippen molar-refractivity contribution in [3.63, 3.8) is 0 Å². The molecule has 0 bridgehead atoms. The van der Waals surface area contributed by atoms with Crippen LogP contribution in [-0.2, 0) is 25.6 Å². The fraction of sp³-hybridized carbons (Fsp3) is 0.632. The standard InChI is InChI=1S/C19H28O6/c1-12(2)9-15-19(24-10-14-7-5-4-6-8-14)18(22)17(21)16(25-15)11-23-13(3)20/h4-8,12,15-19,21-22H,9-11H2,1-3H3/t15-,16-,17+,18-,19-/m1/s1. The van der Waals surface area contributed by atoms with E-state index in [0.717, 1.165) is 5.56 Å². The Kier molecular flexibility index (Phi) is 7.38. The lowest BCUT2D eigenvalue weighted by Gasteiger charge is -2.43. The predicted octanol–water partition coefficient (Wildman–Crippen LogP) is 1.67. The number of carbonyl (C=O) groups excluding carboxylic acids is 1. The fourth-order valence-corrected chi connectivity index (χ4v) is 2.98. The van der Waals surface area contributed by atoms with Crippen molar-refractivity contribution in [2.45, 2.75) is 64.3 Å². The summed E-state index contributed by atoms with van der Waals surface area (Å²) >= 11 is 0. The topological polar surface area (TPSA) is 85.2 Å². The minimum atomic E-state index is -1.18. The van der Waals surface area contributed by atoms with Gasteiger partial charge in [-0.3, -0.25) is 4.79 Å². The molecule has 1 aliphatic heterocycles. The van der Waals surface area contributed by atoms with Crippen LogP contribution in [0.1, 0.15) is 32.8 Å². The SMILES string of the molecule is CC(=O)OC[C@H]1O[C@H](CC(C)C)[C@@H](OCc2ccccc2)[C@H](O)[C@H]1O. The number of esters is 1. The van der Waals surface area contributed by atoms with Crippen LogP contribution in [0, 0.1) is 5.92 Å². The van der Waals surface area contributed by atoms with Crippen molar-refractivity contribution >= 4 is 5.97 Å². The molecule has 0 unspecified atom stereocenters. The second-order valence-corrected chi connectivity index (χ2v) is 6.89. The molecule has 140 valence electrons. The lowest BCUT2D eigenvalue weighted by Crippen LogP contribution is -2.59. The van der Waals surface area contributed by atoms with Crippen molar-refractivity contribution in [3.8, 4) is 0 Å². The Morgan fingerprint density at radius 2 is 1.84 bits per heavy atom. The van der Waals surface area contributed by atoms with E-state index in [-0.39, 0.29) is 12.7 Å². The highest BCUT2D eigenvalue weighted by Gasteiger charge is 2.45. The van der Waals surface area contributed by atoms with Crippen molar-refractivity contribution in [1.82, 2.24) is 0 Å². The number of rotatable bonds is 7. The van der Waals surface area contributed by atoms with Gasteiger partial charge in [0, 0.05) is 6.92 Å². The van der Waals surface area contributed by atoms with E-state index in [1.54, 1.807) is 0 Å². The smallest absolute Gasteiger partial charge is 0.302 e. The molecule has 1 saturated heterocycles. The summed E-state index contributed by atoms with van der Waals surface area (Å²) < 4.78 is 16.8. The molecule has 2 N–H and O–H groups in total. The third-order valence-electron chi connectivity index (χ3n) is 4.22. The zero-order valence-corrected chi connectivity index (χ0v) is 15.0. The zero-order chi connectivity index (χ0) is 18.4. The molecule has 25 heavy (non-hydrogen) atoms. The van der Waals surface area contributed by atoms with Gasteiger partial charge in [0.15, 0.2) is 0 Å². The van der Waals surface area contributed by atoms with Crippen molar-refractivity contribution < 1.29 is 29.2 Å². The molecule has 6 nitrogen and oxygen atoms in total. The van der Waals surface area contributed by atoms with E-state index >= 15 is 0 Å². The largest absolute Gasteiger partial charge is 0.463 e. The van der Waals surface area contributed by atoms with Gasteiger partial charge < -0.3 is 24.4 Å². The van der Waals surface area contributed by atoms with Gasteiger partial charge >= 0.3 is 5.97 Å². The first-order valence-corrected chi connectivity index (χ1v) is 8.69. The lowest BCUT2D eigenvalue weighted by molar-refractivity contribution is -0.248. The molecular formula is C19H28O6. The van der Waals surface area contributed by atoms with Crippen LogP contribution < -0.4 is 0 Å². The zero-order valence-electron chi connectivity index (χ0n) is 15.0. The van der Waals surface area contributed by atoms with E-state index in [2.05, 4.69) is 13.8 Å². The fourth-order valence-electron chi connectivity index (χ4n) is 2.98. The van der Waals surface area contributed by atoms with Crippen LogP contribution in [0.15, 0.2) is 30.3 Å². The van der Waals surface area contributed by atoms with Crippen LogP contribution >= 0.6 is 0 Å². The maximum absolute atomic E-state index is 11.0. The van der Waals surface area contributed by atoms with Crippen LogP contribution in [0.2, 0.25) is 0 Å². The van der Waals surface area contributed by atoms with Crippen LogP contribution in [0.5, 0.6) is 0 Å². The van der Waals surface area contributed by atoms with E-state index in [0.29, 0.717) is 18.9 Å². The van der Waals surface area contributed by atoms with Gasteiger partial charge in [-0.1, -0.05) is 44.2 Å². The van der Waals surface area contributed by atoms with E-state index < -0.39 is 30.4 Å². The highest BCUT2D eigenvalue weighted by Crippen LogP contribution is 2.28. The Morgan fingerprint density at radius 3 is 2.44 bits per heavy atom. The summed E-state index contributed by atoms with van der Waals surface area (Å²) in [5, 5.41) is 20.9. The maximum Gasteiger partial charge on any atom is 0.302 e. The molecule has 1 aliphatic rings. The van der Waals surface area contributed by atoms with Gasteiger partial charge in [-0.15, -0.1) is 0 Å². The molecule has 0 aliphatic carbocycles. The summed E-state index contributed by atoms with van der Waals surface area (Å²) in [5.74, 6) is -0.127. The Labute approximate surface area is 148 Å². The predicted molar refractivity (Wildman–Crippen MR) is 91.8 cm³/mol. The third-order valence-corrected chi connectivity index (χ3v) is 4.22. The first-order chi connectivity index (χ1) is 11.9. The number of aliphatic hydroxyl groups is 2. The molecular weight excluding hydrogens is 324 g/mol. The van der Waals surface area contributed by atoms with Crippen molar-refractivity contribution in [2.75, 3.05) is 6.61 Å². The van der Waals surface area contributed by atoms with Gasteiger partial charge in [0.05, 0.1) is 12.7 Å². The number of ether oxygens (including phenoxy) is 3. The maximum atomic E-state index is 11.0. The molecule has 0 aromatic heterocycles. The van der Waals surface area contributed by atoms with Crippen LogP contribution in [-0.4, -0.2) is 53.3 Å². The quantitative estimate of drug-likeness (QED) is 0.726. The Hall–Kier alpha value is -1.47. The molecule has 2 rings (SSSR count). The Balaban J connectivity index is 2.05. The lowest BCUT2D eigenvalue weighted by atomic mass is 9.90. The minimum absolute atomic E-state index is 0.0897. The Morgan fingerprint density at radius 1 is 1.16 bits per heavy atom. The van der Waals surface area contributed by atoms with Crippen molar-refractivity contribution in [3.05, 3.63) is 35.9 Å². The average Bonchev–Trinajstić information content (AvgIpc) is 2.56. The van der Waals surface area contributed by atoms with E-state index in [1.165, 1.54) is 6.92 Å². The Bertz CT molecular complexity index is 532. The normalized spacial score (nSPS) is 29.6. The van der Waals surface area contributed by atoms with Gasteiger partial charge in [-0.05, 0) is 17.9 Å². The second kappa shape index (κ2) is 9.29. The van der Waals surface area contributed by atoms with Gasteiger partial charge in [0.1, 0.15) is 31.0 Å². The summed E-state index contributed by atoms with van der Waals surface area (Å²) in [5.41, 5.74) is 0.981. The monoisotopic (exact) mass is 352 g/mol. The molecule has 0 amide bonds. The van der Waals surface area contributed by atoms with Gasteiger partial charge in [-0.25, -0.2) is 0 Å². The summed E-state index contributed by atoms with van der Waals surface area (Å²) in [6, 6.07) is 9.64. The molecule has 1 aromatic rings. The first-order valence-electron chi connectivity index (χ1n) is 8.69. The van der Waals surface area contributed by atoms with E-state index in [1.807, 2.05) is 30.3 Å². The highest BCUT2D eigenvalue weighted by molar-refractivity contribution is 5.65. The van der Waals surface area contributed by atoms with Crippen LogP contribution in [0.3, 0.4) is 0 Å². The van der Waals surface area contributed by atoms with Crippen LogP contribution in [0.25, 0.3) is 0 Å². The second-order valence-electron chi connectivity index (χ2n) is 6.89. The minimum Gasteiger partial charge on any atom is -0.463 e. The molecule has 6 heteroatoms. The summed E-state index contributed by atoms with van der Waals surface area (Å²) in [6.07, 6.45) is -3.42. The van der Waals surface area contributed by atoms with E-state index in [9.17, 15) is 15.0 Å². The van der Waals surface area contributed by atoms with Crippen molar-refractivity contribution in [1.29, 1.82) is 0 Å². The summed E-state index contributed by atoms with van der Waals surface area (Å²) in [7, 11) is 0.